The van der Waals surface area contributed by atoms with Crippen LogP contribution in [0.2, 0.25) is 0 Å². The van der Waals surface area contributed by atoms with E-state index in [1.807, 2.05) is 12.1 Å². The van der Waals surface area contributed by atoms with Gasteiger partial charge in [-0.25, -0.2) is 4.99 Å². The molecule has 162 valence electrons. The Morgan fingerprint density at radius 3 is 2.79 bits per heavy atom. The predicted molar refractivity (Wildman–Crippen MR) is 114 cm³/mol. The third-order valence-corrected chi connectivity index (χ3v) is 5.57. The fraction of sp³-hybridized carbons (Fsp3) is 0.682. The Bertz CT molecular complexity index is 653. The summed E-state index contributed by atoms with van der Waals surface area (Å²) in [4.78, 5) is 7.02. The molecule has 29 heavy (non-hydrogen) atoms. The fourth-order valence-corrected chi connectivity index (χ4v) is 3.86. The first-order valence-corrected chi connectivity index (χ1v) is 10.8. The van der Waals surface area contributed by atoms with Crippen LogP contribution >= 0.6 is 0 Å². The highest BCUT2D eigenvalue weighted by molar-refractivity contribution is 5.80. The number of para-hydroxylation sites is 1. The Hall–Kier alpha value is -1.99. The van der Waals surface area contributed by atoms with Gasteiger partial charge in [-0.2, -0.15) is 0 Å². The molecular weight excluding hydrogens is 370 g/mol. The van der Waals surface area contributed by atoms with Gasteiger partial charge in [0.25, 0.3) is 0 Å². The fourth-order valence-electron chi connectivity index (χ4n) is 3.86. The number of nitrogens with zero attached hydrogens (tertiary/aromatic N) is 2. The van der Waals surface area contributed by atoms with Gasteiger partial charge in [-0.05, 0) is 45.1 Å². The van der Waals surface area contributed by atoms with E-state index in [0.717, 1.165) is 57.0 Å². The van der Waals surface area contributed by atoms with Gasteiger partial charge in [0.2, 0.25) is 0 Å². The van der Waals surface area contributed by atoms with Gasteiger partial charge in [0.15, 0.2) is 17.5 Å². The van der Waals surface area contributed by atoms with Crippen molar-refractivity contribution < 1.29 is 19.3 Å². The van der Waals surface area contributed by atoms with Crippen molar-refractivity contribution in [3.63, 3.8) is 0 Å². The van der Waals surface area contributed by atoms with Crippen LogP contribution in [0.3, 0.4) is 0 Å². The Balaban J connectivity index is 1.51. The van der Waals surface area contributed by atoms with Gasteiger partial charge in [-0.1, -0.05) is 12.1 Å². The van der Waals surface area contributed by atoms with E-state index in [9.17, 15) is 5.11 Å². The molecule has 1 aromatic carbocycles. The normalized spacial score (nSPS) is 21.2. The van der Waals surface area contributed by atoms with Crippen LogP contribution in [0.15, 0.2) is 23.2 Å². The van der Waals surface area contributed by atoms with Crippen molar-refractivity contribution in [3.05, 3.63) is 23.8 Å². The number of benzene rings is 1. The minimum Gasteiger partial charge on any atom is -0.504 e. The summed E-state index contributed by atoms with van der Waals surface area (Å²) in [6, 6.07) is 5.49. The minimum absolute atomic E-state index is 0.159. The average molecular weight is 406 g/mol. The van der Waals surface area contributed by atoms with E-state index in [4.69, 9.17) is 19.2 Å². The van der Waals surface area contributed by atoms with Crippen molar-refractivity contribution in [3.8, 4) is 11.5 Å². The Morgan fingerprint density at radius 1 is 1.28 bits per heavy atom. The van der Waals surface area contributed by atoms with Crippen molar-refractivity contribution in [2.24, 2.45) is 4.99 Å². The highest BCUT2D eigenvalue weighted by Gasteiger charge is 2.24. The van der Waals surface area contributed by atoms with Crippen molar-refractivity contribution in [1.29, 1.82) is 0 Å². The van der Waals surface area contributed by atoms with Crippen molar-refractivity contribution in [2.45, 2.75) is 57.8 Å². The summed E-state index contributed by atoms with van der Waals surface area (Å²) in [6.45, 7) is 6.68. The van der Waals surface area contributed by atoms with Crippen LogP contribution < -0.4 is 10.1 Å². The second kappa shape index (κ2) is 11.3. The number of phenols is 1. The lowest BCUT2D eigenvalue weighted by atomic mass is 10.1. The molecular formula is C22H35N3O4. The highest BCUT2D eigenvalue weighted by Crippen LogP contribution is 2.29. The maximum Gasteiger partial charge on any atom is 0.194 e. The molecule has 7 nitrogen and oxygen atoms in total. The van der Waals surface area contributed by atoms with E-state index in [0.29, 0.717) is 25.0 Å². The second-order valence-electron chi connectivity index (χ2n) is 7.65. The first-order chi connectivity index (χ1) is 14.2. The van der Waals surface area contributed by atoms with Gasteiger partial charge in [0.1, 0.15) is 0 Å². The number of aromatic hydroxyl groups is 1. The lowest BCUT2D eigenvalue weighted by Gasteiger charge is -2.35. The highest BCUT2D eigenvalue weighted by atomic mass is 16.5. The molecule has 0 saturated carbocycles. The maximum atomic E-state index is 10.3. The molecule has 2 saturated heterocycles. The predicted octanol–water partition coefficient (Wildman–Crippen LogP) is 2.92. The Labute approximate surface area is 174 Å². The number of rotatable bonds is 7. The van der Waals surface area contributed by atoms with Gasteiger partial charge in [-0.3, -0.25) is 0 Å². The van der Waals surface area contributed by atoms with E-state index >= 15 is 0 Å². The first-order valence-electron chi connectivity index (χ1n) is 10.8. The monoisotopic (exact) mass is 405 g/mol. The number of guanidine groups is 1. The number of phenolic OH excluding ortho intramolecular Hbond substituents is 1. The smallest absolute Gasteiger partial charge is 0.194 e. The zero-order valence-electron chi connectivity index (χ0n) is 17.7. The van der Waals surface area contributed by atoms with Crippen LogP contribution in [0.1, 0.15) is 44.6 Å². The van der Waals surface area contributed by atoms with E-state index in [1.54, 1.807) is 13.2 Å². The van der Waals surface area contributed by atoms with Crippen molar-refractivity contribution >= 4 is 5.96 Å². The summed E-state index contributed by atoms with van der Waals surface area (Å²) in [5.41, 5.74) is 0.755. The molecule has 1 aromatic rings. The quantitative estimate of drug-likeness (QED) is 0.537. The molecule has 2 fully saturated rings. The van der Waals surface area contributed by atoms with Crippen molar-refractivity contribution in [1.82, 2.24) is 10.2 Å². The van der Waals surface area contributed by atoms with Crippen LogP contribution in [0.4, 0.5) is 0 Å². The summed E-state index contributed by atoms with van der Waals surface area (Å²) in [7, 11) is 1.55. The Morgan fingerprint density at radius 2 is 2.10 bits per heavy atom. The lowest BCUT2D eigenvalue weighted by molar-refractivity contribution is -0.0721. The molecule has 7 heteroatoms. The number of likely N-dealkylation sites (tertiary alicyclic amines) is 1. The summed E-state index contributed by atoms with van der Waals surface area (Å²) in [5.74, 6) is 1.51. The number of aliphatic imine (C=N–C) groups is 1. The van der Waals surface area contributed by atoms with E-state index in [1.165, 1.54) is 12.8 Å². The number of hydrogen-bond donors (Lipinski definition) is 2. The molecule has 0 amide bonds. The third kappa shape index (κ3) is 6.24. The number of methoxy groups -OCH3 is 1. The van der Waals surface area contributed by atoms with E-state index in [2.05, 4.69) is 17.1 Å². The van der Waals surface area contributed by atoms with Gasteiger partial charge in [-0.15, -0.1) is 0 Å². The first kappa shape index (κ1) is 21.7. The summed E-state index contributed by atoms with van der Waals surface area (Å²) >= 11 is 0. The molecule has 1 atom stereocenters. The summed E-state index contributed by atoms with van der Waals surface area (Å²) in [5, 5.41) is 13.7. The summed E-state index contributed by atoms with van der Waals surface area (Å²) in [6.07, 6.45) is 6.08. The van der Waals surface area contributed by atoms with Crippen LogP contribution in [0, 0.1) is 0 Å². The largest absolute Gasteiger partial charge is 0.504 e. The number of piperidine rings is 1. The number of nitrogens with one attached hydrogen (secondary N) is 1. The zero-order valence-corrected chi connectivity index (χ0v) is 17.7. The topological polar surface area (TPSA) is 75.6 Å². The molecule has 2 aliphatic rings. The number of hydrogen-bond acceptors (Lipinski definition) is 5. The third-order valence-electron chi connectivity index (χ3n) is 5.57. The number of ether oxygens (including phenoxy) is 3. The van der Waals surface area contributed by atoms with E-state index < -0.39 is 0 Å². The van der Waals surface area contributed by atoms with Gasteiger partial charge < -0.3 is 29.5 Å². The molecule has 1 unspecified atom stereocenters. The molecule has 0 spiro atoms. The molecule has 0 aromatic heterocycles. The van der Waals surface area contributed by atoms with Crippen molar-refractivity contribution in [2.75, 3.05) is 40.0 Å². The average Bonchev–Trinajstić information content (AvgIpc) is 2.77. The molecule has 2 aliphatic heterocycles. The summed E-state index contributed by atoms with van der Waals surface area (Å²) < 4.78 is 17.1. The van der Waals surface area contributed by atoms with Crippen LogP contribution in [-0.4, -0.2) is 68.1 Å². The molecule has 2 N–H and O–H groups in total. The van der Waals surface area contributed by atoms with Crippen LogP contribution in [0.5, 0.6) is 11.5 Å². The second-order valence-corrected chi connectivity index (χ2v) is 7.65. The van der Waals surface area contributed by atoms with Gasteiger partial charge in [0.05, 0.1) is 32.5 Å². The van der Waals surface area contributed by atoms with Gasteiger partial charge >= 0.3 is 0 Å². The molecule has 2 heterocycles. The molecule has 0 bridgehead atoms. The Kier molecular flexibility index (Phi) is 8.43. The van der Waals surface area contributed by atoms with E-state index in [-0.39, 0.29) is 11.9 Å². The molecule has 3 rings (SSSR count). The molecule has 0 radical (unpaired) electrons. The van der Waals surface area contributed by atoms with Gasteiger partial charge in [0, 0.05) is 31.8 Å². The minimum atomic E-state index is 0.159. The zero-order chi connectivity index (χ0) is 20.5. The SMILES string of the molecule is CCNC(=NCc1cccc(OC)c1O)N1CCC(OCC2CCCCO2)CC1. The standard InChI is InChI=1S/C22H35N3O4/c1-3-23-22(24-15-17-7-6-9-20(27-2)21(17)26)25-12-10-18(11-13-25)29-16-19-8-4-5-14-28-19/h6-7,9,18-19,26H,3-5,8,10-16H2,1-2H3,(H,23,24). The molecule has 0 aliphatic carbocycles. The van der Waals surface area contributed by atoms with Crippen LogP contribution in [-0.2, 0) is 16.0 Å². The van der Waals surface area contributed by atoms with Crippen LogP contribution in [0.25, 0.3) is 0 Å². The maximum absolute atomic E-state index is 10.3. The lowest BCUT2D eigenvalue weighted by Crippen LogP contribution is -2.47.